The highest BCUT2D eigenvalue weighted by molar-refractivity contribution is 5.94. The van der Waals surface area contributed by atoms with Crippen molar-refractivity contribution in [2.75, 3.05) is 22.5 Å². The molecule has 5 heteroatoms. The van der Waals surface area contributed by atoms with Gasteiger partial charge in [-0.05, 0) is 49.2 Å². The molecule has 0 aliphatic carbocycles. The standard InChI is InChI=1S/C20H25N3O2/c1-14(2)12-19(24)22-17-8-10-18(11-9-17)23-20(25)13-21-16-6-4-15(3)5-7-16/h4-11,14,21H,12-13H2,1-3H3,(H,22,24)(H,23,25). The van der Waals surface area contributed by atoms with E-state index < -0.39 is 0 Å². The second kappa shape index (κ2) is 8.87. The summed E-state index contributed by atoms with van der Waals surface area (Å²) in [6.45, 7) is 6.22. The van der Waals surface area contributed by atoms with E-state index in [1.165, 1.54) is 5.56 Å². The molecule has 0 saturated heterocycles. The van der Waals surface area contributed by atoms with Crippen molar-refractivity contribution in [1.29, 1.82) is 0 Å². The van der Waals surface area contributed by atoms with Gasteiger partial charge >= 0.3 is 0 Å². The summed E-state index contributed by atoms with van der Waals surface area (Å²) in [6, 6.07) is 15.0. The first-order valence-electron chi connectivity index (χ1n) is 8.42. The molecular formula is C20H25N3O2. The van der Waals surface area contributed by atoms with Crippen LogP contribution in [0.3, 0.4) is 0 Å². The maximum atomic E-state index is 12.0. The molecule has 0 aliphatic heterocycles. The summed E-state index contributed by atoms with van der Waals surface area (Å²) in [5.74, 6) is 0.186. The van der Waals surface area contributed by atoms with Crippen LogP contribution in [-0.2, 0) is 9.59 Å². The van der Waals surface area contributed by atoms with Crippen molar-refractivity contribution in [2.24, 2.45) is 5.92 Å². The number of rotatable bonds is 7. The van der Waals surface area contributed by atoms with Crippen molar-refractivity contribution in [3.8, 4) is 0 Å². The third kappa shape index (κ3) is 6.67. The number of hydrogen-bond donors (Lipinski definition) is 3. The van der Waals surface area contributed by atoms with Crippen LogP contribution in [0.25, 0.3) is 0 Å². The Morgan fingerprint density at radius 3 is 1.80 bits per heavy atom. The third-order valence-corrected chi connectivity index (χ3v) is 3.55. The average Bonchev–Trinajstić information content (AvgIpc) is 2.55. The molecule has 0 atom stereocenters. The van der Waals surface area contributed by atoms with E-state index in [0.717, 1.165) is 11.4 Å². The Labute approximate surface area is 148 Å². The van der Waals surface area contributed by atoms with Crippen LogP contribution in [0.4, 0.5) is 17.1 Å². The summed E-state index contributed by atoms with van der Waals surface area (Å²) in [5, 5.41) is 8.74. The molecule has 132 valence electrons. The topological polar surface area (TPSA) is 70.2 Å². The van der Waals surface area contributed by atoms with Crippen LogP contribution in [0, 0.1) is 12.8 Å². The fraction of sp³-hybridized carbons (Fsp3) is 0.300. The van der Waals surface area contributed by atoms with Crippen LogP contribution < -0.4 is 16.0 Å². The second-order valence-electron chi connectivity index (χ2n) is 6.49. The molecule has 0 heterocycles. The van der Waals surface area contributed by atoms with Crippen LogP contribution in [0.1, 0.15) is 25.8 Å². The van der Waals surface area contributed by atoms with Crippen LogP contribution in [0.5, 0.6) is 0 Å². The SMILES string of the molecule is Cc1ccc(NCC(=O)Nc2ccc(NC(=O)CC(C)C)cc2)cc1. The molecule has 0 aliphatic rings. The van der Waals surface area contributed by atoms with Gasteiger partial charge in [0.05, 0.1) is 6.54 Å². The van der Waals surface area contributed by atoms with Crippen LogP contribution in [0.2, 0.25) is 0 Å². The molecule has 25 heavy (non-hydrogen) atoms. The van der Waals surface area contributed by atoms with E-state index in [-0.39, 0.29) is 18.4 Å². The summed E-state index contributed by atoms with van der Waals surface area (Å²) in [4.78, 5) is 23.7. The van der Waals surface area contributed by atoms with Gasteiger partial charge in [-0.25, -0.2) is 0 Å². The van der Waals surface area contributed by atoms with Crippen molar-refractivity contribution in [1.82, 2.24) is 0 Å². The number of nitrogens with one attached hydrogen (secondary N) is 3. The van der Waals surface area contributed by atoms with E-state index in [2.05, 4.69) is 16.0 Å². The molecule has 3 N–H and O–H groups in total. The maximum absolute atomic E-state index is 12.0. The van der Waals surface area contributed by atoms with Gasteiger partial charge in [0.15, 0.2) is 0 Å². The molecule has 0 fully saturated rings. The Hall–Kier alpha value is -2.82. The van der Waals surface area contributed by atoms with Gasteiger partial charge in [-0.3, -0.25) is 9.59 Å². The second-order valence-corrected chi connectivity index (χ2v) is 6.49. The van der Waals surface area contributed by atoms with E-state index in [1.54, 1.807) is 24.3 Å². The third-order valence-electron chi connectivity index (χ3n) is 3.55. The van der Waals surface area contributed by atoms with E-state index in [1.807, 2.05) is 45.0 Å². The summed E-state index contributed by atoms with van der Waals surface area (Å²) in [7, 11) is 0. The molecule has 5 nitrogen and oxygen atoms in total. The Bertz CT molecular complexity index is 707. The van der Waals surface area contributed by atoms with Crippen molar-refractivity contribution in [3.63, 3.8) is 0 Å². The highest BCUT2D eigenvalue weighted by atomic mass is 16.2. The molecule has 2 aromatic carbocycles. The van der Waals surface area contributed by atoms with Gasteiger partial charge in [-0.2, -0.15) is 0 Å². The number of aryl methyl sites for hydroxylation is 1. The molecule has 0 radical (unpaired) electrons. The van der Waals surface area contributed by atoms with Gasteiger partial charge in [-0.1, -0.05) is 31.5 Å². The fourth-order valence-corrected chi connectivity index (χ4v) is 2.28. The lowest BCUT2D eigenvalue weighted by atomic mass is 10.1. The molecule has 0 saturated carbocycles. The molecule has 2 aromatic rings. The molecule has 2 amide bonds. The molecule has 0 unspecified atom stereocenters. The van der Waals surface area contributed by atoms with Crippen LogP contribution in [-0.4, -0.2) is 18.4 Å². The quantitative estimate of drug-likeness (QED) is 0.713. The van der Waals surface area contributed by atoms with E-state index in [9.17, 15) is 9.59 Å². The Morgan fingerprint density at radius 1 is 0.800 bits per heavy atom. The molecule has 0 aromatic heterocycles. The zero-order valence-electron chi connectivity index (χ0n) is 14.9. The zero-order chi connectivity index (χ0) is 18.2. The number of amides is 2. The Morgan fingerprint density at radius 2 is 1.28 bits per heavy atom. The monoisotopic (exact) mass is 339 g/mol. The van der Waals surface area contributed by atoms with Crippen LogP contribution in [0.15, 0.2) is 48.5 Å². The van der Waals surface area contributed by atoms with E-state index in [0.29, 0.717) is 18.0 Å². The number of carbonyl (C=O) groups is 2. The normalized spacial score (nSPS) is 10.4. The number of carbonyl (C=O) groups excluding carboxylic acids is 2. The maximum Gasteiger partial charge on any atom is 0.243 e. The Kier molecular flexibility index (Phi) is 6.57. The lowest BCUT2D eigenvalue weighted by molar-refractivity contribution is -0.117. The summed E-state index contributed by atoms with van der Waals surface area (Å²) in [6.07, 6.45) is 0.489. The van der Waals surface area contributed by atoms with E-state index in [4.69, 9.17) is 0 Å². The largest absolute Gasteiger partial charge is 0.376 e. The highest BCUT2D eigenvalue weighted by Crippen LogP contribution is 2.15. The van der Waals surface area contributed by atoms with Gasteiger partial charge in [0.2, 0.25) is 11.8 Å². The fourth-order valence-electron chi connectivity index (χ4n) is 2.28. The summed E-state index contributed by atoms with van der Waals surface area (Å²) in [5.41, 5.74) is 3.50. The van der Waals surface area contributed by atoms with Crippen LogP contribution >= 0.6 is 0 Å². The Balaban J connectivity index is 1.80. The van der Waals surface area contributed by atoms with Crippen molar-refractivity contribution in [3.05, 3.63) is 54.1 Å². The molecule has 0 bridgehead atoms. The minimum atomic E-state index is -0.128. The first-order chi connectivity index (χ1) is 11.9. The summed E-state index contributed by atoms with van der Waals surface area (Å²) < 4.78 is 0. The lowest BCUT2D eigenvalue weighted by Gasteiger charge is -2.10. The molecular weight excluding hydrogens is 314 g/mol. The van der Waals surface area contributed by atoms with Gasteiger partial charge in [-0.15, -0.1) is 0 Å². The number of anilines is 3. The van der Waals surface area contributed by atoms with Gasteiger partial charge in [0.1, 0.15) is 0 Å². The zero-order valence-corrected chi connectivity index (χ0v) is 14.9. The van der Waals surface area contributed by atoms with Gasteiger partial charge in [0.25, 0.3) is 0 Å². The lowest BCUT2D eigenvalue weighted by Crippen LogP contribution is -2.21. The first kappa shape index (κ1) is 18.5. The first-order valence-corrected chi connectivity index (χ1v) is 8.42. The predicted molar refractivity (Wildman–Crippen MR) is 103 cm³/mol. The van der Waals surface area contributed by atoms with Crippen molar-refractivity contribution < 1.29 is 9.59 Å². The minimum Gasteiger partial charge on any atom is -0.376 e. The van der Waals surface area contributed by atoms with Gasteiger partial charge < -0.3 is 16.0 Å². The van der Waals surface area contributed by atoms with Gasteiger partial charge in [0, 0.05) is 23.5 Å². The predicted octanol–water partition coefficient (Wildman–Crippen LogP) is 4.03. The smallest absolute Gasteiger partial charge is 0.243 e. The summed E-state index contributed by atoms with van der Waals surface area (Å²) >= 11 is 0. The van der Waals surface area contributed by atoms with Crippen molar-refractivity contribution >= 4 is 28.9 Å². The number of benzene rings is 2. The molecule has 0 spiro atoms. The molecule has 2 rings (SSSR count). The number of hydrogen-bond acceptors (Lipinski definition) is 3. The average molecular weight is 339 g/mol. The highest BCUT2D eigenvalue weighted by Gasteiger charge is 2.06. The van der Waals surface area contributed by atoms with E-state index >= 15 is 0 Å². The minimum absolute atomic E-state index is 0.00548. The van der Waals surface area contributed by atoms with Crippen molar-refractivity contribution in [2.45, 2.75) is 27.2 Å².